The lowest BCUT2D eigenvalue weighted by Crippen LogP contribution is -2.19. The fourth-order valence-corrected chi connectivity index (χ4v) is 2.12. The van der Waals surface area contributed by atoms with E-state index in [4.69, 9.17) is 15.2 Å². The van der Waals surface area contributed by atoms with Crippen LogP contribution >= 0.6 is 0 Å². The Morgan fingerprint density at radius 3 is 2.65 bits per heavy atom. The number of ether oxygens (including phenoxy) is 2. The fourth-order valence-electron chi connectivity index (χ4n) is 2.12. The number of rotatable bonds is 4. The molecule has 0 aliphatic carbocycles. The Kier molecular flexibility index (Phi) is 3.80. The van der Waals surface area contributed by atoms with E-state index >= 15 is 0 Å². The van der Waals surface area contributed by atoms with Crippen molar-refractivity contribution in [3.05, 3.63) is 65.2 Å². The maximum atomic E-state index is 12.9. The second-order valence-electron chi connectivity index (χ2n) is 4.90. The predicted octanol–water partition coefficient (Wildman–Crippen LogP) is 2.31. The number of hydrogen-bond acceptors (Lipinski definition) is 4. The van der Waals surface area contributed by atoms with Gasteiger partial charge in [-0.15, -0.1) is 0 Å². The van der Waals surface area contributed by atoms with Crippen LogP contribution < -0.4 is 15.2 Å². The Morgan fingerprint density at radius 1 is 1.22 bits per heavy atom. The lowest BCUT2D eigenvalue weighted by Gasteiger charge is -2.04. The molecule has 1 heterocycles. The topological polar surface area (TPSA) is 78.6 Å². The Bertz CT molecular complexity index is 812. The largest absolute Gasteiger partial charge is 0.484 e. The first-order valence-electron chi connectivity index (χ1n) is 6.78. The zero-order valence-corrected chi connectivity index (χ0v) is 11.9. The van der Waals surface area contributed by atoms with Crippen molar-refractivity contribution in [3.8, 4) is 11.5 Å². The van der Waals surface area contributed by atoms with Crippen molar-refractivity contribution in [2.24, 2.45) is 5.73 Å². The van der Waals surface area contributed by atoms with Crippen LogP contribution in [0, 0.1) is 5.82 Å². The summed E-state index contributed by atoms with van der Waals surface area (Å²) in [6.07, 6.45) is 1.53. The molecule has 2 N–H and O–H groups in total. The molecule has 5 nitrogen and oxygen atoms in total. The molecule has 1 aliphatic rings. The molecule has 2 aromatic carbocycles. The lowest BCUT2D eigenvalue weighted by atomic mass is 10.1. The van der Waals surface area contributed by atoms with Gasteiger partial charge in [-0.3, -0.25) is 9.59 Å². The van der Waals surface area contributed by atoms with E-state index in [9.17, 15) is 14.0 Å². The Labute approximate surface area is 131 Å². The monoisotopic (exact) mass is 313 g/mol. The highest BCUT2D eigenvalue weighted by Gasteiger charge is 2.27. The Balaban J connectivity index is 1.83. The highest BCUT2D eigenvalue weighted by molar-refractivity contribution is 6.14. The van der Waals surface area contributed by atoms with E-state index in [-0.39, 0.29) is 24.0 Å². The van der Waals surface area contributed by atoms with Gasteiger partial charge in [-0.05, 0) is 35.9 Å². The number of benzene rings is 2. The number of ketones is 1. The molecule has 0 aromatic heterocycles. The molecule has 1 aliphatic heterocycles. The molecule has 1 amide bonds. The van der Waals surface area contributed by atoms with Gasteiger partial charge in [0.25, 0.3) is 5.91 Å². The van der Waals surface area contributed by atoms with Gasteiger partial charge in [0.15, 0.2) is 12.4 Å². The SMILES string of the molecule is NC(=O)COc1ccc2c(c1)O/C(=C/c1ccc(F)cc1)C2=O. The minimum atomic E-state index is -0.598. The molecular weight excluding hydrogens is 301 g/mol. The Hall–Kier alpha value is -3.15. The zero-order chi connectivity index (χ0) is 16.4. The first-order chi connectivity index (χ1) is 11.0. The molecule has 6 heteroatoms. The van der Waals surface area contributed by atoms with E-state index in [1.54, 1.807) is 24.3 Å². The smallest absolute Gasteiger partial charge is 0.255 e. The van der Waals surface area contributed by atoms with Gasteiger partial charge in [-0.25, -0.2) is 4.39 Å². The normalized spacial score (nSPS) is 14.5. The number of hydrogen-bond donors (Lipinski definition) is 1. The second-order valence-corrected chi connectivity index (χ2v) is 4.90. The van der Waals surface area contributed by atoms with Crippen LogP contribution in [0.1, 0.15) is 15.9 Å². The highest BCUT2D eigenvalue weighted by atomic mass is 19.1. The molecule has 0 saturated heterocycles. The number of primary amides is 1. The van der Waals surface area contributed by atoms with Crippen molar-refractivity contribution in [2.45, 2.75) is 0 Å². The predicted molar refractivity (Wildman–Crippen MR) is 80.5 cm³/mol. The second kappa shape index (κ2) is 5.92. The number of halogens is 1. The molecule has 0 fully saturated rings. The van der Waals surface area contributed by atoms with Crippen LogP contribution in [0.15, 0.2) is 48.2 Å². The summed E-state index contributed by atoms with van der Waals surface area (Å²) in [5.74, 6) is -0.377. The van der Waals surface area contributed by atoms with Crippen LogP contribution in [0.5, 0.6) is 11.5 Å². The third-order valence-electron chi connectivity index (χ3n) is 3.19. The van der Waals surface area contributed by atoms with Crippen molar-refractivity contribution in [2.75, 3.05) is 6.61 Å². The number of fused-ring (bicyclic) bond motifs is 1. The summed E-state index contributed by atoms with van der Waals surface area (Å²) in [5, 5.41) is 0. The highest BCUT2D eigenvalue weighted by Crippen LogP contribution is 2.34. The summed E-state index contributed by atoms with van der Waals surface area (Å²) in [4.78, 5) is 23.0. The standard InChI is InChI=1S/C17H12FNO4/c18-11-3-1-10(2-4-11)7-15-17(21)13-6-5-12(8-14(13)23-15)22-9-16(19)20/h1-8H,9H2,(H2,19,20)/b15-7+. The molecule has 23 heavy (non-hydrogen) atoms. The molecular formula is C17H12FNO4. The van der Waals surface area contributed by atoms with Gasteiger partial charge in [0.1, 0.15) is 17.3 Å². The van der Waals surface area contributed by atoms with E-state index in [2.05, 4.69) is 0 Å². The van der Waals surface area contributed by atoms with Crippen molar-refractivity contribution >= 4 is 17.8 Å². The summed E-state index contributed by atoms with van der Waals surface area (Å²) < 4.78 is 23.6. The van der Waals surface area contributed by atoms with Gasteiger partial charge in [-0.1, -0.05) is 12.1 Å². The van der Waals surface area contributed by atoms with E-state index in [1.807, 2.05) is 0 Å². The number of carbonyl (C=O) groups is 2. The van der Waals surface area contributed by atoms with Crippen molar-refractivity contribution in [1.82, 2.24) is 0 Å². The Morgan fingerprint density at radius 2 is 1.96 bits per heavy atom. The number of amides is 1. The molecule has 0 atom stereocenters. The van der Waals surface area contributed by atoms with Gasteiger partial charge < -0.3 is 15.2 Å². The van der Waals surface area contributed by atoms with Gasteiger partial charge >= 0.3 is 0 Å². The van der Waals surface area contributed by atoms with Crippen LogP contribution in [0.2, 0.25) is 0 Å². The molecule has 0 saturated carbocycles. The lowest BCUT2D eigenvalue weighted by molar-refractivity contribution is -0.119. The maximum absolute atomic E-state index is 12.9. The van der Waals surface area contributed by atoms with Crippen molar-refractivity contribution in [3.63, 3.8) is 0 Å². The third-order valence-corrected chi connectivity index (χ3v) is 3.19. The maximum Gasteiger partial charge on any atom is 0.255 e. The summed E-state index contributed by atoms with van der Waals surface area (Å²) in [5.41, 5.74) is 6.05. The van der Waals surface area contributed by atoms with E-state index < -0.39 is 5.91 Å². The summed E-state index contributed by atoms with van der Waals surface area (Å²) in [6, 6.07) is 10.3. The summed E-state index contributed by atoms with van der Waals surface area (Å²) in [6.45, 7) is -0.259. The minimum absolute atomic E-state index is 0.138. The van der Waals surface area contributed by atoms with Gasteiger partial charge in [0.2, 0.25) is 5.78 Å². The average Bonchev–Trinajstić information content (AvgIpc) is 2.83. The average molecular weight is 313 g/mol. The zero-order valence-electron chi connectivity index (χ0n) is 11.9. The van der Waals surface area contributed by atoms with E-state index in [1.165, 1.54) is 24.3 Å². The quantitative estimate of drug-likeness (QED) is 0.879. The van der Waals surface area contributed by atoms with Gasteiger partial charge in [0, 0.05) is 6.07 Å². The van der Waals surface area contributed by atoms with E-state index in [0.717, 1.165) is 0 Å². The molecule has 0 bridgehead atoms. The third kappa shape index (κ3) is 3.21. The molecule has 116 valence electrons. The number of nitrogens with two attached hydrogens (primary N) is 1. The molecule has 0 radical (unpaired) electrons. The van der Waals surface area contributed by atoms with Crippen LogP contribution in [0.3, 0.4) is 0 Å². The summed E-state index contributed by atoms with van der Waals surface area (Å²) in [7, 11) is 0. The first-order valence-corrected chi connectivity index (χ1v) is 6.78. The number of allylic oxidation sites excluding steroid dienone is 1. The minimum Gasteiger partial charge on any atom is -0.484 e. The molecule has 0 spiro atoms. The molecule has 0 unspecified atom stereocenters. The van der Waals surface area contributed by atoms with Crippen molar-refractivity contribution in [1.29, 1.82) is 0 Å². The molecule has 2 aromatic rings. The van der Waals surface area contributed by atoms with Gasteiger partial charge in [0.05, 0.1) is 5.56 Å². The number of carbonyl (C=O) groups excluding carboxylic acids is 2. The summed E-state index contributed by atoms with van der Waals surface area (Å²) >= 11 is 0. The van der Waals surface area contributed by atoms with Crippen LogP contribution in [-0.4, -0.2) is 18.3 Å². The number of Topliss-reactive ketones (excluding diaryl/α,β-unsaturated/α-hetero) is 1. The first kappa shape index (κ1) is 14.8. The van der Waals surface area contributed by atoms with Crippen molar-refractivity contribution < 1.29 is 23.5 Å². The fraction of sp³-hybridized carbons (Fsp3) is 0.0588. The molecule has 3 rings (SSSR count). The van der Waals surface area contributed by atoms with Crippen LogP contribution in [0.25, 0.3) is 6.08 Å². The van der Waals surface area contributed by atoms with Gasteiger partial charge in [-0.2, -0.15) is 0 Å². The van der Waals surface area contributed by atoms with E-state index in [0.29, 0.717) is 22.6 Å². The van der Waals surface area contributed by atoms with Crippen LogP contribution in [-0.2, 0) is 4.79 Å². The van der Waals surface area contributed by atoms with Crippen LogP contribution in [0.4, 0.5) is 4.39 Å².